The quantitative estimate of drug-likeness (QED) is 0.796. The van der Waals surface area contributed by atoms with Crippen LogP contribution in [-0.4, -0.2) is 35.1 Å². The minimum absolute atomic E-state index is 0.0916. The van der Waals surface area contributed by atoms with Gasteiger partial charge in [0.25, 0.3) is 0 Å². The Kier molecular flexibility index (Phi) is 6.21. The molecule has 0 saturated carbocycles. The summed E-state index contributed by atoms with van der Waals surface area (Å²) in [6.45, 7) is 14.8. The predicted octanol–water partition coefficient (Wildman–Crippen LogP) is 2.86. The molecule has 0 aliphatic carbocycles. The molecule has 1 aromatic rings. The maximum absolute atomic E-state index is 5.48. The van der Waals surface area contributed by atoms with E-state index in [4.69, 9.17) is 4.74 Å². The number of ether oxygens (including phenoxy) is 1. The van der Waals surface area contributed by atoms with E-state index in [1.807, 2.05) is 0 Å². The number of hydrogen-bond donors (Lipinski definition) is 1. The third-order valence-electron chi connectivity index (χ3n) is 3.94. The van der Waals surface area contributed by atoms with Crippen molar-refractivity contribution in [2.24, 2.45) is 0 Å². The van der Waals surface area contributed by atoms with E-state index in [1.54, 1.807) is 7.11 Å². The van der Waals surface area contributed by atoms with Crippen molar-refractivity contribution in [2.45, 2.75) is 72.6 Å². The van der Waals surface area contributed by atoms with Crippen LogP contribution in [0.4, 0.5) is 0 Å². The molecule has 0 aromatic carbocycles. The van der Waals surface area contributed by atoms with Crippen LogP contribution in [0.5, 0.6) is 0 Å². The summed E-state index contributed by atoms with van der Waals surface area (Å²) in [5.41, 5.74) is 3.74. The first kappa shape index (κ1) is 17.2. The van der Waals surface area contributed by atoms with Gasteiger partial charge in [-0.2, -0.15) is 5.10 Å². The lowest BCUT2D eigenvalue weighted by Crippen LogP contribution is -2.25. The van der Waals surface area contributed by atoms with Gasteiger partial charge in [-0.05, 0) is 52.6 Å². The van der Waals surface area contributed by atoms with E-state index in [-0.39, 0.29) is 5.60 Å². The number of methoxy groups -OCH3 is 1. The molecule has 0 aliphatic heterocycles. The second-order valence-electron chi connectivity index (χ2n) is 6.45. The van der Waals surface area contributed by atoms with Gasteiger partial charge in [-0.3, -0.25) is 4.68 Å². The second kappa shape index (κ2) is 7.23. The van der Waals surface area contributed by atoms with Crippen LogP contribution in [0.2, 0.25) is 0 Å². The van der Waals surface area contributed by atoms with Crippen LogP contribution in [0.1, 0.15) is 51.1 Å². The van der Waals surface area contributed by atoms with Crippen molar-refractivity contribution in [1.82, 2.24) is 15.1 Å². The molecule has 0 bridgehead atoms. The van der Waals surface area contributed by atoms with Gasteiger partial charge in [-0.1, -0.05) is 13.8 Å². The number of rotatable bonds is 8. The molecule has 0 fully saturated rings. The number of nitrogens with one attached hydrogen (secondary N) is 1. The molecular weight excluding hydrogens is 250 g/mol. The smallest absolute Gasteiger partial charge is 0.0640 e. The van der Waals surface area contributed by atoms with Crippen molar-refractivity contribution in [2.75, 3.05) is 13.7 Å². The molecule has 4 heteroatoms. The topological polar surface area (TPSA) is 39.1 Å². The van der Waals surface area contributed by atoms with Crippen molar-refractivity contribution in [3.05, 3.63) is 17.0 Å². The molecule has 0 saturated heterocycles. The zero-order valence-electron chi connectivity index (χ0n) is 14.2. The third-order valence-corrected chi connectivity index (χ3v) is 3.94. The van der Waals surface area contributed by atoms with E-state index in [0.717, 1.165) is 31.6 Å². The Morgan fingerprint density at radius 1 is 1.30 bits per heavy atom. The van der Waals surface area contributed by atoms with Crippen LogP contribution in [0.15, 0.2) is 0 Å². The van der Waals surface area contributed by atoms with Crippen molar-refractivity contribution in [1.29, 1.82) is 0 Å². The van der Waals surface area contributed by atoms with Gasteiger partial charge in [0, 0.05) is 25.4 Å². The van der Waals surface area contributed by atoms with Crippen molar-refractivity contribution < 1.29 is 4.74 Å². The number of hydrogen-bond acceptors (Lipinski definition) is 3. The minimum atomic E-state index is -0.0916. The molecule has 0 spiro atoms. The number of aromatic nitrogens is 2. The molecular formula is C16H31N3O. The van der Waals surface area contributed by atoms with Gasteiger partial charge in [0.15, 0.2) is 0 Å². The normalized spacial score (nSPS) is 12.4. The fraction of sp³-hybridized carbons (Fsp3) is 0.812. The van der Waals surface area contributed by atoms with E-state index in [0.29, 0.717) is 6.04 Å². The molecule has 0 atom stereocenters. The highest BCUT2D eigenvalue weighted by Crippen LogP contribution is 2.18. The van der Waals surface area contributed by atoms with Crippen molar-refractivity contribution >= 4 is 0 Å². The SMILES string of the molecule is COC(C)(C)CCn1nc(C)c(CCNC(C)C)c1C. The van der Waals surface area contributed by atoms with Crippen molar-refractivity contribution in [3.63, 3.8) is 0 Å². The highest BCUT2D eigenvalue weighted by Gasteiger charge is 2.18. The Hall–Kier alpha value is -0.870. The monoisotopic (exact) mass is 281 g/mol. The molecule has 1 N–H and O–H groups in total. The minimum Gasteiger partial charge on any atom is -0.379 e. The molecule has 0 unspecified atom stereocenters. The van der Waals surface area contributed by atoms with Crippen molar-refractivity contribution in [3.8, 4) is 0 Å². The highest BCUT2D eigenvalue weighted by atomic mass is 16.5. The Morgan fingerprint density at radius 2 is 1.95 bits per heavy atom. The molecule has 0 amide bonds. The number of nitrogens with zero attached hydrogens (tertiary/aromatic N) is 2. The summed E-state index contributed by atoms with van der Waals surface area (Å²) in [4.78, 5) is 0. The summed E-state index contributed by atoms with van der Waals surface area (Å²) >= 11 is 0. The highest BCUT2D eigenvalue weighted by molar-refractivity contribution is 5.24. The molecule has 1 aromatic heterocycles. The second-order valence-corrected chi connectivity index (χ2v) is 6.45. The molecule has 1 heterocycles. The van der Waals surface area contributed by atoms with Gasteiger partial charge in [0.05, 0.1) is 11.3 Å². The van der Waals surface area contributed by atoms with Gasteiger partial charge >= 0.3 is 0 Å². The van der Waals surface area contributed by atoms with Crippen LogP contribution in [0, 0.1) is 13.8 Å². The summed E-state index contributed by atoms with van der Waals surface area (Å²) in [5.74, 6) is 0. The van der Waals surface area contributed by atoms with Crippen LogP contribution in [0.25, 0.3) is 0 Å². The van der Waals surface area contributed by atoms with Crippen LogP contribution in [-0.2, 0) is 17.7 Å². The Bertz CT molecular complexity index is 422. The summed E-state index contributed by atoms with van der Waals surface area (Å²) in [5, 5.41) is 8.14. The fourth-order valence-electron chi connectivity index (χ4n) is 2.28. The lowest BCUT2D eigenvalue weighted by molar-refractivity contribution is 0.0112. The maximum Gasteiger partial charge on any atom is 0.0640 e. The summed E-state index contributed by atoms with van der Waals surface area (Å²) in [7, 11) is 1.77. The van der Waals surface area contributed by atoms with Gasteiger partial charge in [0.2, 0.25) is 0 Å². The maximum atomic E-state index is 5.48. The molecule has 116 valence electrons. The van der Waals surface area contributed by atoms with Gasteiger partial charge in [-0.25, -0.2) is 0 Å². The first-order valence-electron chi connectivity index (χ1n) is 7.58. The average Bonchev–Trinajstić information content (AvgIpc) is 2.63. The predicted molar refractivity (Wildman–Crippen MR) is 84.2 cm³/mol. The average molecular weight is 281 g/mol. The summed E-state index contributed by atoms with van der Waals surface area (Å²) in [6.07, 6.45) is 2.01. The number of aryl methyl sites for hydroxylation is 2. The molecule has 1 rings (SSSR count). The first-order valence-corrected chi connectivity index (χ1v) is 7.58. The largest absolute Gasteiger partial charge is 0.379 e. The standard InChI is InChI=1S/C16H31N3O/c1-12(2)17-10-8-15-13(3)18-19(14(15)4)11-9-16(5,6)20-7/h12,17H,8-11H2,1-7H3. The van der Waals surface area contributed by atoms with Crippen LogP contribution in [0.3, 0.4) is 0 Å². The van der Waals surface area contributed by atoms with E-state index in [2.05, 4.69) is 56.6 Å². The van der Waals surface area contributed by atoms with E-state index in [1.165, 1.54) is 11.3 Å². The summed E-state index contributed by atoms with van der Waals surface area (Å²) < 4.78 is 7.60. The van der Waals surface area contributed by atoms with E-state index in [9.17, 15) is 0 Å². The molecule has 20 heavy (non-hydrogen) atoms. The third kappa shape index (κ3) is 4.91. The zero-order valence-corrected chi connectivity index (χ0v) is 14.2. The van der Waals surface area contributed by atoms with Crippen LogP contribution >= 0.6 is 0 Å². The fourth-order valence-corrected chi connectivity index (χ4v) is 2.28. The van der Waals surface area contributed by atoms with Gasteiger partial charge in [0.1, 0.15) is 0 Å². The first-order chi connectivity index (χ1) is 9.26. The van der Waals surface area contributed by atoms with Gasteiger partial charge in [-0.15, -0.1) is 0 Å². The lowest BCUT2D eigenvalue weighted by Gasteiger charge is -2.22. The lowest BCUT2D eigenvalue weighted by atomic mass is 10.1. The zero-order chi connectivity index (χ0) is 15.3. The Balaban J connectivity index is 2.66. The van der Waals surface area contributed by atoms with Gasteiger partial charge < -0.3 is 10.1 Å². The summed E-state index contributed by atoms with van der Waals surface area (Å²) in [6, 6.07) is 0.535. The molecule has 0 radical (unpaired) electrons. The molecule has 4 nitrogen and oxygen atoms in total. The molecule has 0 aliphatic rings. The Morgan fingerprint density at radius 3 is 2.50 bits per heavy atom. The van der Waals surface area contributed by atoms with E-state index >= 15 is 0 Å². The van der Waals surface area contributed by atoms with E-state index < -0.39 is 0 Å². The van der Waals surface area contributed by atoms with Crippen LogP contribution < -0.4 is 5.32 Å². The Labute approximate surface area is 123 Å².